The summed E-state index contributed by atoms with van der Waals surface area (Å²) >= 11 is 0. The molecule has 25 heavy (non-hydrogen) atoms. The molecule has 2 aromatic rings. The predicted molar refractivity (Wildman–Crippen MR) is 83.7 cm³/mol. The van der Waals surface area contributed by atoms with Crippen molar-refractivity contribution in [2.24, 2.45) is 11.7 Å². The van der Waals surface area contributed by atoms with E-state index in [2.05, 4.69) is 10.1 Å². The number of carbonyl (C=O) groups excluding carboxylic acids is 1. The lowest BCUT2D eigenvalue weighted by molar-refractivity contribution is -0.137. The number of alkyl halides is 3. The van der Waals surface area contributed by atoms with E-state index in [9.17, 15) is 23.1 Å². The molecular weight excluding hydrogens is 337 g/mol. The first-order valence-corrected chi connectivity index (χ1v) is 7.67. The van der Waals surface area contributed by atoms with Gasteiger partial charge in [0.15, 0.2) is 11.6 Å². The number of rotatable bonds is 6. The lowest BCUT2D eigenvalue weighted by Gasteiger charge is -2.14. The maximum atomic E-state index is 12.7. The molecule has 9 heteroatoms. The van der Waals surface area contributed by atoms with Crippen LogP contribution < -0.4 is 5.73 Å². The second-order valence-electron chi connectivity index (χ2n) is 6.13. The molecule has 0 fully saturated rings. The van der Waals surface area contributed by atoms with Crippen molar-refractivity contribution in [1.29, 1.82) is 0 Å². The molecule has 1 amide bonds. The number of aliphatic hydroxyl groups is 1. The molecule has 1 aromatic heterocycles. The summed E-state index contributed by atoms with van der Waals surface area (Å²) in [4.78, 5) is 15.2. The second-order valence-corrected chi connectivity index (χ2v) is 6.13. The zero-order valence-corrected chi connectivity index (χ0v) is 13.8. The van der Waals surface area contributed by atoms with Gasteiger partial charge in [0.2, 0.25) is 5.91 Å². The number of carbonyl (C=O) groups is 1. The minimum atomic E-state index is -4.45. The summed E-state index contributed by atoms with van der Waals surface area (Å²) in [6.07, 6.45) is -5.26. The average molecular weight is 356 g/mol. The summed E-state index contributed by atoms with van der Waals surface area (Å²) in [5, 5.41) is 14.4. The van der Waals surface area contributed by atoms with Gasteiger partial charge >= 0.3 is 6.18 Å². The third kappa shape index (κ3) is 4.79. The minimum absolute atomic E-state index is 0.102. The summed E-state index contributed by atoms with van der Waals surface area (Å²) in [7, 11) is 0. The highest BCUT2D eigenvalue weighted by atomic mass is 19.4. The van der Waals surface area contributed by atoms with Crippen molar-refractivity contribution in [2.45, 2.75) is 39.0 Å². The van der Waals surface area contributed by atoms with Crippen LogP contribution in [0.3, 0.4) is 0 Å². The average Bonchev–Trinajstić information content (AvgIpc) is 2.89. The van der Waals surface area contributed by atoms with Gasteiger partial charge in [0, 0.05) is 0 Å². The van der Waals surface area contributed by atoms with E-state index in [0.29, 0.717) is 12.1 Å². The third-order valence-electron chi connectivity index (χ3n) is 3.44. The summed E-state index contributed by atoms with van der Waals surface area (Å²) in [6.45, 7) is 3.82. The molecule has 0 aliphatic heterocycles. The van der Waals surface area contributed by atoms with Gasteiger partial charge in [-0.2, -0.15) is 18.3 Å². The van der Waals surface area contributed by atoms with Crippen LogP contribution in [-0.2, 0) is 17.4 Å². The smallest absolute Gasteiger partial charge is 0.385 e. The Morgan fingerprint density at radius 2 is 1.88 bits per heavy atom. The highest BCUT2D eigenvalue weighted by Gasteiger charge is 2.30. The number of benzene rings is 1. The lowest BCUT2D eigenvalue weighted by atomic mass is 10.1. The van der Waals surface area contributed by atoms with Gasteiger partial charge < -0.3 is 10.8 Å². The Morgan fingerprint density at radius 1 is 1.28 bits per heavy atom. The predicted octanol–water partition coefficient (Wildman–Crippen LogP) is 2.39. The largest absolute Gasteiger partial charge is 0.416 e. The number of hydrogen-bond acceptors (Lipinski definition) is 4. The van der Waals surface area contributed by atoms with Gasteiger partial charge in [0.25, 0.3) is 0 Å². The Kier molecular flexibility index (Phi) is 5.46. The number of primary amides is 1. The van der Waals surface area contributed by atoms with Gasteiger partial charge in [-0.25, -0.2) is 9.67 Å². The molecule has 0 unspecified atom stereocenters. The highest BCUT2D eigenvalue weighted by Crippen LogP contribution is 2.30. The molecule has 0 bridgehead atoms. The van der Waals surface area contributed by atoms with Crippen molar-refractivity contribution >= 4 is 5.91 Å². The fourth-order valence-electron chi connectivity index (χ4n) is 2.35. The Hall–Kier alpha value is -2.42. The van der Waals surface area contributed by atoms with E-state index in [1.807, 2.05) is 13.8 Å². The monoisotopic (exact) mass is 356 g/mol. The molecule has 1 heterocycles. The van der Waals surface area contributed by atoms with Gasteiger partial charge in [0.05, 0.1) is 17.7 Å². The molecule has 0 saturated carbocycles. The van der Waals surface area contributed by atoms with Crippen molar-refractivity contribution < 1.29 is 23.1 Å². The molecule has 1 atom stereocenters. The molecule has 0 aliphatic carbocycles. The Bertz CT molecular complexity index is 739. The quantitative estimate of drug-likeness (QED) is 0.831. The van der Waals surface area contributed by atoms with Crippen LogP contribution in [0.4, 0.5) is 13.2 Å². The fourth-order valence-corrected chi connectivity index (χ4v) is 2.35. The number of amides is 1. The molecule has 3 N–H and O–H groups in total. The molecule has 0 spiro atoms. The van der Waals surface area contributed by atoms with Crippen LogP contribution in [0.25, 0.3) is 5.69 Å². The van der Waals surface area contributed by atoms with E-state index >= 15 is 0 Å². The summed E-state index contributed by atoms with van der Waals surface area (Å²) in [5.41, 5.74) is 4.64. The molecule has 1 aromatic carbocycles. The van der Waals surface area contributed by atoms with E-state index < -0.39 is 23.8 Å². The van der Waals surface area contributed by atoms with Crippen LogP contribution in [0.1, 0.15) is 43.6 Å². The van der Waals surface area contributed by atoms with Crippen molar-refractivity contribution in [3.8, 4) is 5.69 Å². The van der Waals surface area contributed by atoms with Gasteiger partial charge in [-0.3, -0.25) is 4.79 Å². The zero-order chi connectivity index (χ0) is 18.8. The van der Waals surface area contributed by atoms with E-state index in [1.54, 1.807) is 0 Å². The first-order chi connectivity index (χ1) is 11.6. The number of nitrogens with zero attached hydrogens (tertiary/aromatic N) is 3. The normalized spacial score (nSPS) is 13.2. The van der Waals surface area contributed by atoms with E-state index in [1.165, 1.54) is 16.8 Å². The number of halogens is 3. The molecule has 6 nitrogen and oxygen atoms in total. The zero-order valence-electron chi connectivity index (χ0n) is 13.8. The lowest BCUT2D eigenvalue weighted by Crippen LogP contribution is -2.14. The third-order valence-corrected chi connectivity index (χ3v) is 3.44. The van der Waals surface area contributed by atoms with Crippen LogP contribution >= 0.6 is 0 Å². The van der Waals surface area contributed by atoms with Crippen LogP contribution in [0.2, 0.25) is 0 Å². The van der Waals surface area contributed by atoms with Crippen molar-refractivity contribution in [2.75, 3.05) is 0 Å². The summed E-state index contributed by atoms with van der Waals surface area (Å²) in [6, 6.07) is 4.31. The highest BCUT2D eigenvalue weighted by molar-refractivity contribution is 5.75. The van der Waals surface area contributed by atoms with Crippen molar-refractivity contribution in [3.05, 3.63) is 41.5 Å². The molecule has 0 aliphatic rings. The molecule has 136 valence electrons. The maximum absolute atomic E-state index is 12.7. The van der Waals surface area contributed by atoms with Crippen LogP contribution in [0.5, 0.6) is 0 Å². The fraction of sp³-hybridized carbons (Fsp3) is 0.438. The first-order valence-electron chi connectivity index (χ1n) is 7.67. The molecule has 0 saturated heterocycles. The van der Waals surface area contributed by atoms with Crippen LogP contribution in [0.15, 0.2) is 24.3 Å². The van der Waals surface area contributed by atoms with Gasteiger partial charge in [0.1, 0.15) is 6.10 Å². The van der Waals surface area contributed by atoms with Crippen LogP contribution in [-0.4, -0.2) is 25.8 Å². The van der Waals surface area contributed by atoms with Crippen molar-refractivity contribution in [3.63, 3.8) is 0 Å². The summed E-state index contributed by atoms with van der Waals surface area (Å²) in [5.74, 6) is -0.225. The number of nitrogens with two attached hydrogens (primary N) is 1. The Morgan fingerprint density at radius 3 is 2.36 bits per heavy atom. The number of hydrogen-bond donors (Lipinski definition) is 2. The Balaban J connectivity index is 2.43. The first kappa shape index (κ1) is 18.9. The second kappa shape index (κ2) is 7.22. The van der Waals surface area contributed by atoms with Gasteiger partial charge in [-0.05, 0) is 36.6 Å². The van der Waals surface area contributed by atoms with Crippen LogP contribution in [0, 0.1) is 5.92 Å². The topological polar surface area (TPSA) is 94.0 Å². The maximum Gasteiger partial charge on any atom is 0.416 e. The standard InChI is InChI=1S/C16H19F3N4O2/c1-9(2)7-12(24)15-21-14(8-13(20)25)22-23(15)11-5-3-10(4-6-11)16(17,18)19/h3-6,9,12,24H,7-8H2,1-2H3,(H2,20,25)/t12-/m1/s1. The number of aliphatic hydroxyl groups excluding tert-OH is 1. The van der Waals surface area contributed by atoms with E-state index in [4.69, 9.17) is 5.73 Å². The molecule has 0 radical (unpaired) electrons. The van der Waals surface area contributed by atoms with Gasteiger partial charge in [-0.1, -0.05) is 13.8 Å². The molecular formula is C16H19F3N4O2. The van der Waals surface area contributed by atoms with Gasteiger partial charge in [-0.15, -0.1) is 0 Å². The SMILES string of the molecule is CC(C)C[C@@H](O)c1nc(CC(N)=O)nn1-c1ccc(C(F)(F)F)cc1. The van der Waals surface area contributed by atoms with Crippen molar-refractivity contribution in [1.82, 2.24) is 14.8 Å². The molecule has 2 rings (SSSR count). The van der Waals surface area contributed by atoms with E-state index in [-0.39, 0.29) is 24.0 Å². The Labute approximate surface area is 142 Å². The minimum Gasteiger partial charge on any atom is -0.385 e. The van der Waals surface area contributed by atoms with E-state index in [0.717, 1.165) is 12.1 Å². The number of aromatic nitrogens is 3. The summed E-state index contributed by atoms with van der Waals surface area (Å²) < 4.78 is 39.3.